The molecule has 4 rings (SSSR count). The zero-order valence-corrected chi connectivity index (χ0v) is 21.2. The van der Waals surface area contributed by atoms with Crippen LogP contribution in [0.3, 0.4) is 0 Å². The lowest BCUT2D eigenvalue weighted by Gasteiger charge is -2.32. The Labute approximate surface area is 209 Å². The molecule has 2 aliphatic rings. The molecule has 0 aliphatic carbocycles. The second kappa shape index (κ2) is 13.0. The van der Waals surface area contributed by atoms with Crippen LogP contribution in [-0.2, 0) is 17.8 Å². The van der Waals surface area contributed by atoms with Gasteiger partial charge in [-0.1, -0.05) is 42.5 Å². The molecule has 0 bridgehead atoms. The summed E-state index contributed by atoms with van der Waals surface area (Å²) in [5.41, 5.74) is 2.47. The predicted molar refractivity (Wildman–Crippen MR) is 140 cm³/mol. The molecule has 2 aromatic rings. The molecule has 7 heteroatoms. The summed E-state index contributed by atoms with van der Waals surface area (Å²) in [6.07, 6.45) is 2.16. The van der Waals surface area contributed by atoms with E-state index in [1.807, 2.05) is 25.2 Å². The summed E-state index contributed by atoms with van der Waals surface area (Å²) in [6.45, 7) is 7.40. The fraction of sp³-hybridized carbons (Fsp3) is 0.480. The topological polar surface area (TPSA) is 49.3 Å². The highest BCUT2D eigenvalue weighted by molar-refractivity contribution is 14.0. The molecule has 0 spiro atoms. The van der Waals surface area contributed by atoms with Gasteiger partial charge in [0, 0.05) is 45.8 Å². The van der Waals surface area contributed by atoms with Gasteiger partial charge >= 0.3 is 0 Å². The maximum Gasteiger partial charge on any atom is 0.193 e. The first-order chi connectivity index (χ1) is 15.3. The minimum absolute atomic E-state index is 0. The molecule has 2 aliphatic heterocycles. The van der Waals surface area contributed by atoms with Crippen LogP contribution in [0.2, 0.25) is 0 Å². The van der Waals surface area contributed by atoms with Gasteiger partial charge in [-0.3, -0.25) is 9.89 Å². The maximum atomic E-state index is 5.88. The van der Waals surface area contributed by atoms with Crippen LogP contribution in [-0.4, -0.2) is 74.8 Å². The number of halogens is 1. The van der Waals surface area contributed by atoms with Crippen LogP contribution < -0.4 is 10.1 Å². The molecule has 32 heavy (non-hydrogen) atoms. The quantitative estimate of drug-likeness (QED) is 0.326. The molecule has 1 unspecified atom stereocenters. The summed E-state index contributed by atoms with van der Waals surface area (Å²) in [6, 6.07) is 19.3. The van der Waals surface area contributed by atoms with E-state index in [1.54, 1.807) is 0 Å². The lowest BCUT2D eigenvalue weighted by Crippen LogP contribution is -2.46. The van der Waals surface area contributed by atoms with E-state index in [9.17, 15) is 0 Å². The molecule has 0 saturated carbocycles. The van der Waals surface area contributed by atoms with Crippen LogP contribution in [0.15, 0.2) is 59.6 Å². The first-order valence-electron chi connectivity index (χ1n) is 11.3. The summed E-state index contributed by atoms with van der Waals surface area (Å²) >= 11 is 0. The number of benzene rings is 2. The van der Waals surface area contributed by atoms with E-state index in [1.165, 1.54) is 17.5 Å². The third kappa shape index (κ3) is 7.08. The van der Waals surface area contributed by atoms with Crippen molar-refractivity contribution >= 4 is 29.9 Å². The van der Waals surface area contributed by atoms with Crippen LogP contribution in [0.1, 0.15) is 17.5 Å². The third-order valence-electron chi connectivity index (χ3n) is 6.11. The Kier molecular flexibility index (Phi) is 10.1. The molecule has 174 valence electrons. The van der Waals surface area contributed by atoms with E-state index in [2.05, 4.69) is 56.5 Å². The zero-order chi connectivity index (χ0) is 21.3. The number of ether oxygens (including phenoxy) is 2. The molecule has 0 aromatic heterocycles. The Balaban J connectivity index is 0.00000289. The van der Waals surface area contributed by atoms with Gasteiger partial charge in [0.15, 0.2) is 5.96 Å². The minimum Gasteiger partial charge on any atom is -0.489 e. The number of guanidine groups is 1. The predicted octanol–water partition coefficient (Wildman–Crippen LogP) is 3.41. The van der Waals surface area contributed by atoms with Crippen LogP contribution in [0.5, 0.6) is 5.75 Å². The Morgan fingerprint density at radius 2 is 1.78 bits per heavy atom. The van der Waals surface area contributed by atoms with Crippen molar-refractivity contribution in [3.05, 3.63) is 65.7 Å². The number of nitrogens with one attached hydrogen (secondary N) is 1. The van der Waals surface area contributed by atoms with Gasteiger partial charge in [-0.05, 0) is 36.1 Å². The summed E-state index contributed by atoms with van der Waals surface area (Å²) in [5, 5.41) is 3.55. The normalized spacial score (nSPS) is 19.5. The largest absolute Gasteiger partial charge is 0.489 e. The standard InChI is InChI=1S/C25H34N4O2.HI/c1-26-25(29-14-12-23(19-29)28-15-17-30-18-16-28)27-13-11-21-7-9-24(10-8-21)31-20-22-5-3-2-4-6-22;/h2-10,23H,11-20H2,1H3,(H,26,27);1H. The van der Waals surface area contributed by atoms with Gasteiger partial charge in [0.2, 0.25) is 0 Å². The van der Waals surface area contributed by atoms with Crippen molar-refractivity contribution in [1.82, 2.24) is 15.1 Å². The Bertz CT molecular complexity index is 826. The number of aliphatic imine (C=N–C) groups is 1. The van der Waals surface area contributed by atoms with E-state index in [0.29, 0.717) is 12.6 Å². The number of likely N-dealkylation sites (tertiary alicyclic amines) is 1. The number of hydrogen-bond donors (Lipinski definition) is 1. The molecular weight excluding hydrogens is 515 g/mol. The van der Waals surface area contributed by atoms with Crippen molar-refractivity contribution in [3.8, 4) is 5.75 Å². The molecule has 6 nitrogen and oxygen atoms in total. The summed E-state index contributed by atoms with van der Waals surface area (Å²) in [5.74, 6) is 1.92. The van der Waals surface area contributed by atoms with E-state index >= 15 is 0 Å². The molecule has 2 aromatic carbocycles. The van der Waals surface area contributed by atoms with Crippen LogP contribution in [0.25, 0.3) is 0 Å². The second-order valence-corrected chi connectivity index (χ2v) is 8.18. The summed E-state index contributed by atoms with van der Waals surface area (Å²) in [7, 11) is 1.88. The van der Waals surface area contributed by atoms with Gasteiger partial charge < -0.3 is 19.7 Å². The molecule has 0 radical (unpaired) electrons. The Hall–Kier alpha value is -1.84. The van der Waals surface area contributed by atoms with Crippen molar-refractivity contribution in [2.45, 2.75) is 25.5 Å². The van der Waals surface area contributed by atoms with E-state index in [0.717, 1.165) is 64.1 Å². The Morgan fingerprint density at radius 3 is 2.50 bits per heavy atom. The Morgan fingerprint density at radius 1 is 1.03 bits per heavy atom. The molecule has 2 fully saturated rings. The van der Waals surface area contributed by atoms with Crippen molar-refractivity contribution in [2.24, 2.45) is 4.99 Å². The van der Waals surface area contributed by atoms with Gasteiger partial charge in [-0.2, -0.15) is 0 Å². The lowest BCUT2D eigenvalue weighted by molar-refractivity contribution is 0.0195. The molecule has 2 saturated heterocycles. The third-order valence-corrected chi connectivity index (χ3v) is 6.11. The second-order valence-electron chi connectivity index (χ2n) is 8.18. The van der Waals surface area contributed by atoms with Crippen molar-refractivity contribution in [3.63, 3.8) is 0 Å². The fourth-order valence-corrected chi connectivity index (χ4v) is 4.32. The first kappa shape index (κ1) is 24.8. The number of morpholine rings is 1. The lowest BCUT2D eigenvalue weighted by atomic mass is 10.1. The van der Waals surface area contributed by atoms with E-state index in [4.69, 9.17) is 9.47 Å². The van der Waals surface area contributed by atoms with Crippen LogP contribution >= 0.6 is 24.0 Å². The van der Waals surface area contributed by atoms with E-state index < -0.39 is 0 Å². The summed E-state index contributed by atoms with van der Waals surface area (Å²) in [4.78, 5) is 9.47. The highest BCUT2D eigenvalue weighted by atomic mass is 127. The van der Waals surface area contributed by atoms with E-state index in [-0.39, 0.29) is 24.0 Å². The van der Waals surface area contributed by atoms with Crippen LogP contribution in [0, 0.1) is 0 Å². The molecular formula is C25H35IN4O2. The smallest absolute Gasteiger partial charge is 0.193 e. The van der Waals surface area contributed by atoms with Crippen molar-refractivity contribution in [2.75, 3.05) is 53.0 Å². The number of nitrogens with zero attached hydrogens (tertiary/aromatic N) is 3. The first-order valence-corrected chi connectivity index (χ1v) is 11.3. The number of rotatable bonds is 7. The molecule has 1 N–H and O–H groups in total. The van der Waals surface area contributed by atoms with Gasteiger partial charge in [-0.15, -0.1) is 24.0 Å². The highest BCUT2D eigenvalue weighted by Crippen LogP contribution is 2.17. The van der Waals surface area contributed by atoms with Crippen LogP contribution in [0.4, 0.5) is 0 Å². The van der Waals surface area contributed by atoms with Crippen molar-refractivity contribution < 1.29 is 9.47 Å². The zero-order valence-electron chi connectivity index (χ0n) is 18.9. The average molecular weight is 550 g/mol. The van der Waals surface area contributed by atoms with Gasteiger partial charge in [-0.25, -0.2) is 0 Å². The molecule has 1 atom stereocenters. The monoisotopic (exact) mass is 550 g/mol. The van der Waals surface area contributed by atoms with Gasteiger partial charge in [0.25, 0.3) is 0 Å². The average Bonchev–Trinajstić information content (AvgIpc) is 3.33. The number of hydrogen-bond acceptors (Lipinski definition) is 4. The van der Waals surface area contributed by atoms with Gasteiger partial charge in [0.05, 0.1) is 13.2 Å². The van der Waals surface area contributed by atoms with Crippen molar-refractivity contribution in [1.29, 1.82) is 0 Å². The SMILES string of the molecule is CN=C(NCCc1ccc(OCc2ccccc2)cc1)N1CCC(N2CCOCC2)C1.I. The maximum absolute atomic E-state index is 5.88. The minimum atomic E-state index is 0. The highest BCUT2D eigenvalue weighted by Gasteiger charge is 2.30. The molecule has 2 heterocycles. The van der Waals surface area contributed by atoms with Gasteiger partial charge in [0.1, 0.15) is 12.4 Å². The summed E-state index contributed by atoms with van der Waals surface area (Å²) < 4.78 is 11.4. The fourth-order valence-electron chi connectivity index (χ4n) is 4.32. The molecule has 0 amide bonds.